The Bertz CT molecular complexity index is 402. The fourth-order valence-electron chi connectivity index (χ4n) is 4.00. The molecule has 0 amide bonds. The second kappa shape index (κ2) is 2.73. The minimum atomic E-state index is -0.285. The van der Waals surface area contributed by atoms with Crippen LogP contribution in [0.15, 0.2) is 0 Å². The third-order valence-electron chi connectivity index (χ3n) is 5.55. The van der Waals surface area contributed by atoms with Crippen molar-refractivity contribution in [2.45, 2.75) is 64.5 Å². The van der Waals surface area contributed by atoms with Crippen LogP contribution in [0.5, 0.6) is 0 Å². The Labute approximate surface area is 104 Å². The van der Waals surface area contributed by atoms with Gasteiger partial charge >= 0.3 is 7.12 Å². The van der Waals surface area contributed by atoms with Gasteiger partial charge in [0.05, 0.1) is 22.7 Å². The fourth-order valence-corrected chi connectivity index (χ4v) is 4.00. The van der Waals surface area contributed by atoms with Crippen molar-refractivity contribution in [3.8, 4) is 6.07 Å². The average Bonchev–Trinajstić information content (AvgIpc) is 2.29. The summed E-state index contributed by atoms with van der Waals surface area (Å²) < 4.78 is 12.2. The van der Waals surface area contributed by atoms with Gasteiger partial charge in [-0.1, -0.05) is 6.92 Å². The lowest BCUT2D eigenvalue weighted by Crippen LogP contribution is -2.69. The molecule has 0 spiro atoms. The van der Waals surface area contributed by atoms with E-state index in [-0.39, 0.29) is 35.0 Å². The van der Waals surface area contributed by atoms with Crippen molar-refractivity contribution in [1.82, 2.24) is 0 Å². The van der Waals surface area contributed by atoms with Gasteiger partial charge in [-0.2, -0.15) is 5.26 Å². The first-order valence-corrected chi connectivity index (χ1v) is 6.43. The van der Waals surface area contributed by atoms with Crippen LogP contribution in [-0.4, -0.2) is 18.3 Å². The summed E-state index contributed by atoms with van der Waals surface area (Å²) in [6.45, 7) is 10.5. The first-order chi connectivity index (χ1) is 7.66. The Hall–Kier alpha value is -0.525. The predicted molar refractivity (Wildman–Crippen MR) is 65.2 cm³/mol. The van der Waals surface area contributed by atoms with Crippen molar-refractivity contribution in [2.75, 3.05) is 0 Å². The molecule has 17 heavy (non-hydrogen) atoms. The maximum Gasteiger partial charge on any atom is 0.463 e. The molecule has 0 aromatic heterocycles. The third-order valence-corrected chi connectivity index (χ3v) is 5.55. The summed E-state index contributed by atoms with van der Waals surface area (Å²) in [5.41, 5.74) is -0.452. The zero-order valence-corrected chi connectivity index (χ0v) is 11.3. The van der Waals surface area contributed by atoms with Gasteiger partial charge in [-0.3, -0.25) is 0 Å². The van der Waals surface area contributed by atoms with Crippen LogP contribution in [-0.2, 0) is 9.31 Å². The molecule has 4 rings (SSSR count). The van der Waals surface area contributed by atoms with Crippen LogP contribution in [0.25, 0.3) is 0 Å². The molecule has 1 heterocycles. The fraction of sp³-hybridized carbons (Fsp3) is 0.923. The zero-order chi connectivity index (χ0) is 12.7. The second-order valence-corrected chi connectivity index (χ2v) is 7.38. The molecular formula is C13H20BNO2. The van der Waals surface area contributed by atoms with Gasteiger partial charge in [-0.05, 0) is 46.0 Å². The molecule has 1 unspecified atom stereocenters. The summed E-state index contributed by atoms with van der Waals surface area (Å²) in [6.07, 6.45) is 2.04. The normalized spacial score (nSPS) is 49.2. The Balaban J connectivity index is 1.84. The van der Waals surface area contributed by atoms with Crippen LogP contribution in [0.2, 0.25) is 5.82 Å². The molecule has 3 aliphatic carbocycles. The van der Waals surface area contributed by atoms with Gasteiger partial charge in [0.15, 0.2) is 0 Å². The predicted octanol–water partition coefficient (Wildman–Crippen LogP) is 2.77. The van der Waals surface area contributed by atoms with E-state index in [0.717, 1.165) is 12.8 Å². The molecule has 1 atom stereocenters. The maximum absolute atomic E-state index is 9.33. The Kier molecular flexibility index (Phi) is 1.85. The van der Waals surface area contributed by atoms with Gasteiger partial charge in [0, 0.05) is 5.82 Å². The molecule has 1 saturated heterocycles. The summed E-state index contributed by atoms with van der Waals surface area (Å²) in [5, 5.41) is 9.33. The average molecular weight is 233 g/mol. The van der Waals surface area contributed by atoms with E-state index in [2.05, 4.69) is 40.7 Å². The standard InChI is InChI=1S/C13H20BNO2/c1-10(2)11(3,4)17-14(16-10)9-12(5)6-13(9,7-12)8-15/h9H,6-7H2,1-5H3. The molecule has 0 radical (unpaired) electrons. The van der Waals surface area contributed by atoms with Crippen LogP contribution in [0, 0.1) is 22.2 Å². The van der Waals surface area contributed by atoms with Crippen LogP contribution < -0.4 is 0 Å². The molecule has 4 aliphatic rings. The minimum absolute atomic E-state index is 0.157. The van der Waals surface area contributed by atoms with Crippen molar-refractivity contribution >= 4 is 7.12 Å². The van der Waals surface area contributed by atoms with Crippen LogP contribution in [0.4, 0.5) is 0 Å². The Morgan fingerprint density at radius 2 is 1.53 bits per heavy atom. The maximum atomic E-state index is 9.33. The van der Waals surface area contributed by atoms with Gasteiger partial charge in [-0.15, -0.1) is 0 Å². The quantitative estimate of drug-likeness (QED) is 0.654. The van der Waals surface area contributed by atoms with Gasteiger partial charge in [-0.25, -0.2) is 0 Å². The zero-order valence-electron chi connectivity index (χ0n) is 11.3. The molecule has 0 aromatic carbocycles. The summed E-state index contributed by atoms with van der Waals surface area (Å²) in [7, 11) is -0.202. The highest BCUT2D eigenvalue weighted by Crippen LogP contribution is 2.81. The van der Waals surface area contributed by atoms with Gasteiger partial charge < -0.3 is 9.31 Å². The minimum Gasteiger partial charge on any atom is -0.403 e. The van der Waals surface area contributed by atoms with E-state index < -0.39 is 0 Å². The van der Waals surface area contributed by atoms with Crippen LogP contribution >= 0.6 is 0 Å². The topological polar surface area (TPSA) is 42.2 Å². The molecule has 0 N–H and O–H groups in total. The highest BCUT2D eigenvalue weighted by atomic mass is 16.7. The smallest absolute Gasteiger partial charge is 0.403 e. The van der Waals surface area contributed by atoms with Crippen LogP contribution in [0.1, 0.15) is 47.5 Å². The highest BCUT2D eigenvalue weighted by molar-refractivity contribution is 6.49. The molecule has 3 saturated carbocycles. The van der Waals surface area contributed by atoms with E-state index in [1.54, 1.807) is 0 Å². The molecule has 3 nitrogen and oxygen atoms in total. The summed E-state index contributed by atoms with van der Waals surface area (Å²) in [5.74, 6) is 0.265. The number of rotatable bonds is 1. The molecule has 0 aromatic rings. The van der Waals surface area contributed by atoms with E-state index in [9.17, 15) is 5.26 Å². The van der Waals surface area contributed by atoms with Crippen molar-refractivity contribution in [2.24, 2.45) is 10.8 Å². The third kappa shape index (κ3) is 1.15. The lowest BCUT2D eigenvalue weighted by molar-refractivity contribution is -0.158. The van der Waals surface area contributed by atoms with Gasteiger partial charge in [0.25, 0.3) is 0 Å². The summed E-state index contributed by atoms with van der Waals surface area (Å²) in [4.78, 5) is 0. The molecule has 1 aliphatic heterocycles. The van der Waals surface area contributed by atoms with Crippen LogP contribution in [0.3, 0.4) is 0 Å². The molecule has 2 bridgehead atoms. The molecule has 92 valence electrons. The molecular weight excluding hydrogens is 213 g/mol. The first-order valence-electron chi connectivity index (χ1n) is 6.43. The number of hydrogen-bond donors (Lipinski definition) is 0. The van der Waals surface area contributed by atoms with Crippen molar-refractivity contribution < 1.29 is 9.31 Å². The number of nitrogens with zero attached hydrogens (tertiary/aromatic N) is 1. The van der Waals surface area contributed by atoms with Crippen molar-refractivity contribution in [3.05, 3.63) is 0 Å². The SMILES string of the molecule is CC12CC(C#N)(C1)C2B1OC(C)(C)C(C)(C)O1. The van der Waals surface area contributed by atoms with Crippen molar-refractivity contribution in [1.29, 1.82) is 5.26 Å². The summed E-state index contributed by atoms with van der Waals surface area (Å²) >= 11 is 0. The summed E-state index contributed by atoms with van der Waals surface area (Å²) in [6, 6.07) is 2.49. The number of hydrogen-bond acceptors (Lipinski definition) is 3. The van der Waals surface area contributed by atoms with Crippen molar-refractivity contribution in [3.63, 3.8) is 0 Å². The van der Waals surface area contributed by atoms with E-state index in [0.29, 0.717) is 0 Å². The lowest BCUT2D eigenvalue weighted by atomic mass is 9.22. The molecule has 4 heteroatoms. The first kappa shape index (κ1) is 11.6. The van der Waals surface area contributed by atoms with E-state index in [1.165, 1.54) is 0 Å². The van der Waals surface area contributed by atoms with Gasteiger partial charge in [0.1, 0.15) is 0 Å². The van der Waals surface area contributed by atoms with E-state index in [4.69, 9.17) is 9.31 Å². The number of nitriles is 1. The Morgan fingerprint density at radius 1 is 1.06 bits per heavy atom. The van der Waals surface area contributed by atoms with Gasteiger partial charge in [0.2, 0.25) is 0 Å². The largest absolute Gasteiger partial charge is 0.463 e. The molecule has 4 fully saturated rings. The monoisotopic (exact) mass is 233 g/mol. The second-order valence-electron chi connectivity index (χ2n) is 7.38. The Morgan fingerprint density at radius 3 is 1.88 bits per heavy atom. The van der Waals surface area contributed by atoms with E-state index in [1.807, 2.05) is 0 Å². The van der Waals surface area contributed by atoms with E-state index >= 15 is 0 Å². The highest BCUT2D eigenvalue weighted by Gasteiger charge is 2.79. The lowest BCUT2D eigenvalue weighted by Gasteiger charge is -2.72.